The van der Waals surface area contributed by atoms with E-state index in [1.807, 2.05) is 0 Å². The lowest BCUT2D eigenvalue weighted by Crippen LogP contribution is -2.31. The molecule has 0 bridgehead atoms. The fraction of sp³-hybridized carbons (Fsp3) is 0.357. The van der Waals surface area contributed by atoms with Gasteiger partial charge in [-0.15, -0.1) is 0 Å². The topological polar surface area (TPSA) is 106 Å². The minimum absolute atomic E-state index is 0.153. The van der Waals surface area contributed by atoms with Gasteiger partial charge in [-0.25, -0.2) is 4.39 Å². The van der Waals surface area contributed by atoms with Gasteiger partial charge in [0.2, 0.25) is 0 Å². The molecule has 0 aliphatic rings. The van der Waals surface area contributed by atoms with Crippen molar-refractivity contribution in [3.63, 3.8) is 0 Å². The minimum Gasteiger partial charge on any atom is -0.390 e. The molecule has 0 saturated heterocycles. The Labute approximate surface area is 137 Å². The molecule has 1 unspecified atom stereocenters. The number of hydrogen-bond acceptors (Lipinski definition) is 7. The molecule has 0 amide bonds. The molecular weight excluding hydrogens is 321 g/mol. The molecule has 2 N–H and O–H groups in total. The summed E-state index contributed by atoms with van der Waals surface area (Å²) >= 11 is 0. The number of aliphatic hydroxyl groups is 1. The number of nitrogens with one attached hydrogen (secondary N) is 1. The third-order valence-corrected chi connectivity index (χ3v) is 3.25. The summed E-state index contributed by atoms with van der Waals surface area (Å²) in [4.78, 5) is 15.2. The van der Waals surface area contributed by atoms with Gasteiger partial charge in [0.1, 0.15) is 11.5 Å². The maximum atomic E-state index is 13.1. The second-order valence-electron chi connectivity index (χ2n) is 5.14. The Bertz CT molecular complexity index is 708. The number of nitro groups is 1. The van der Waals surface area contributed by atoms with E-state index in [1.54, 1.807) is 13.2 Å². The second-order valence-corrected chi connectivity index (χ2v) is 5.14. The van der Waals surface area contributed by atoms with Gasteiger partial charge in [-0.05, 0) is 12.1 Å². The number of likely N-dealkylation sites (N-methyl/N-ethyl adjacent to an activating group) is 1. The summed E-state index contributed by atoms with van der Waals surface area (Å²) < 4.78 is 14.6. The van der Waals surface area contributed by atoms with E-state index < -0.39 is 16.8 Å². The number of nitrogens with zero attached hydrogens (tertiary/aromatic N) is 4. The molecule has 130 valence electrons. The zero-order valence-electron chi connectivity index (χ0n) is 13.2. The quantitative estimate of drug-likeness (QED) is 0.555. The van der Waals surface area contributed by atoms with Crippen molar-refractivity contribution in [1.82, 2.24) is 14.8 Å². The van der Waals surface area contributed by atoms with Crippen molar-refractivity contribution >= 4 is 17.1 Å². The van der Waals surface area contributed by atoms with Crippen molar-refractivity contribution in [2.45, 2.75) is 12.6 Å². The molecule has 24 heavy (non-hydrogen) atoms. The fourth-order valence-corrected chi connectivity index (χ4v) is 2.09. The summed E-state index contributed by atoms with van der Waals surface area (Å²) in [6.07, 6.45) is 2.34. The molecule has 1 aromatic carbocycles. The van der Waals surface area contributed by atoms with Crippen LogP contribution in [0.15, 0.2) is 30.6 Å². The third-order valence-electron chi connectivity index (χ3n) is 3.25. The maximum absolute atomic E-state index is 13.1. The molecule has 1 aromatic heterocycles. The normalized spacial score (nSPS) is 12.4. The Kier molecular flexibility index (Phi) is 5.79. The smallest absolute Gasteiger partial charge is 0.295 e. The van der Waals surface area contributed by atoms with Gasteiger partial charge in [0.25, 0.3) is 5.69 Å². The Morgan fingerprint density at radius 2 is 2.33 bits per heavy atom. The van der Waals surface area contributed by atoms with Crippen molar-refractivity contribution in [2.24, 2.45) is 0 Å². The summed E-state index contributed by atoms with van der Waals surface area (Å²) in [6.45, 7) is 0.517. The Morgan fingerprint density at radius 3 is 3.00 bits per heavy atom. The predicted molar refractivity (Wildman–Crippen MR) is 84.2 cm³/mol. The number of hydroxylamine groups is 2. The Balaban J connectivity index is 2.05. The summed E-state index contributed by atoms with van der Waals surface area (Å²) in [7, 11) is 3.19. The monoisotopic (exact) mass is 339 g/mol. The highest BCUT2D eigenvalue weighted by Crippen LogP contribution is 2.28. The van der Waals surface area contributed by atoms with E-state index in [0.29, 0.717) is 12.2 Å². The van der Waals surface area contributed by atoms with Crippen LogP contribution < -0.4 is 5.32 Å². The van der Waals surface area contributed by atoms with Gasteiger partial charge in [-0.3, -0.25) is 14.8 Å². The molecule has 0 spiro atoms. The van der Waals surface area contributed by atoms with Crippen LogP contribution >= 0.6 is 0 Å². The predicted octanol–water partition coefficient (Wildman–Crippen LogP) is 1.53. The highest BCUT2D eigenvalue weighted by Gasteiger charge is 2.16. The average Bonchev–Trinajstić information content (AvgIpc) is 2.95. The molecule has 1 heterocycles. The van der Waals surface area contributed by atoms with Gasteiger partial charge < -0.3 is 15.3 Å². The van der Waals surface area contributed by atoms with Gasteiger partial charge in [0.05, 0.1) is 49.2 Å². The Hall–Kier alpha value is -2.56. The highest BCUT2D eigenvalue weighted by atomic mass is 19.1. The second kappa shape index (κ2) is 7.81. The number of aliphatic hydroxyl groups excluding tert-OH is 1. The van der Waals surface area contributed by atoms with E-state index in [0.717, 1.165) is 12.1 Å². The van der Waals surface area contributed by atoms with Crippen LogP contribution in [0.25, 0.3) is 0 Å². The molecule has 2 aromatic rings. The minimum atomic E-state index is -0.706. The van der Waals surface area contributed by atoms with Gasteiger partial charge >= 0.3 is 0 Å². The van der Waals surface area contributed by atoms with Gasteiger partial charge in [-0.2, -0.15) is 10.2 Å². The summed E-state index contributed by atoms with van der Waals surface area (Å²) in [5.74, 6) is -0.687. The first-order chi connectivity index (χ1) is 11.4. The van der Waals surface area contributed by atoms with E-state index in [-0.39, 0.29) is 17.9 Å². The van der Waals surface area contributed by atoms with Crippen molar-refractivity contribution < 1.29 is 19.3 Å². The van der Waals surface area contributed by atoms with E-state index in [2.05, 4.69) is 10.4 Å². The molecule has 0 aliphatic carbocycles. The molecule has 1 atom stereocenters. The molecule has 9 nitrogen and oxygen atoms in total. The number of nitro benzene ring substituents is 1. The zero-order valence-corrected chi connectivity index (χ0v) is 13.2. The maximum Gasteiger partial charge on any atom is 0.295 e. The van der Waals surface area contributed by atoms with Gasteiger partial charge in [0, 0.05) is 13.2 Å². The molecular formula is C14H18FN5O4. The van der Waals surface area contributed by atoms with Crippen LogP contribution in [0.3, 0.4) is 0 Å². The first kappa shape index (κ1) is 17.8. The van der Waals surface area contributed by atoms with Crippen LogP contribution in [0.2, 0.25) is 0 Å². The lowest BCUT2D eigenvalue weighted by molar-refractivity contribution is -0.384. The number of rotatable bonds is 8. The number of halogens is 1. The summed E-state index contributed by atoms with van der Waals surface area (Å²) in [5, 5.41) is 29.3. The van der Waals surface area contributed by atoms with Crippen molar-refractivity contribution in [3.05, 3.63) is 46.5 Å². The van der Waals surface area contributed by atoms with Crippen LogP contribution in [0.1, 0.15) is 0 Å². The third kappa shape index (κ3) is 4.72. The van der Waals surface area contributed by atoms with E-state index >= 15 is 0 Å². The van der Waals surface area contributed by atoms with Crippen LogP contribution in [-0.2, 0) is 11.4 Å². The van der Waals surface area contributed by atoms with Crippen LogP contribution in [-0.4, -0.2) is 51.7 Å². The standard InChI is InChI=1S/C14H18FN5O4/c1-18(24-2)8-12(21)9-19-7-11(6-16-19)17-13-4-3-10(15)5-14(13)20(22)23/h3-7,12,17,21H,8-9H2,1-2H3. The molecule has 0 aliphatic heterocycles. The van der Waals surface area contributed by atoms with Crippen LogP contribution in [0, 0.1) is 15.9 Å². The molecule has 0 saturated carbocycles. The molecule has 10 heteroatoms. The highest BCUT2D eigenvalue weighted by molar-refractivity contribution is 5.68. The van der Waals surface area contributed by atoms with Crippen molar-refractivity contribution in [3.8, 4) is 0 Å². The zero-order chi connectivity index (χ0) is 17.7. The lowest BCUT2D eigenvalue weighted by Gasteiger charge is -2.17. The molecule has 0 fully saturated rings. The largest absolute Gasteiger partial charge is 0.390 e. The van der Waals surface area contributed by atoms with Crippen LogP contribution in [0.4, 0.5) is 21.5 Å². The average molecular weight is 339 g/mol. The van der Waals surface area contributed by atoms with E-state index in [9.17, 15) is 19.6 Å². The van der Waals surface area contributed by atoms with Gasteiger partial charge in [0.15, 0.2) is 0 Å². The SMILES string of the molecule is CON(C)CC(O)Cn1cc(Nc2ccc(F)cc2[N+](=O)[O-])cn1. The van der Waals surface area contributed by atoms with E-state index in [1.165, 1.54) is 29.1 Å². The number of aromatic nitrogens is 2. The number of benzene rings is 1. The number of anilines is 2. The lowest BCUT2D eigenvalue weighted by atomic mass is 10.2. The van der Waals surface area contributed by atoms with Crippen LogP contribution in [0.5, 0.6) is 0 Å². The van der Waals surface area contributed by atoms with E-state index in [4.69, 9.17) is 4.84 Å². The Morgan fingerprint density at radius 1 is 1.58 bits per heavy atom. The first-order valence-corrected chi connectivity index (χ1v) is 7.05. The van der Waals surface area contributed by atoms with Gasteiger partial charge in [-0.1, -0.05) is 0 Å². The van der Waals surface area contributed by atoms with Crippen molar-refractivity contribution in [1.29, 1.82) is 0 Å². The number of hydrogen-bond donors (Lipinski definition) is 2. The fourth-order valence-electron chi connectivity index (χ4n) is 2.09. The summed E-state index contributed by atoms with van der Waals surface area (Å²) in [5.41, 5.74) is 0.266. The molecule has 0 radical (unpaired) electrons. The summed E-state index contributed by atoms with van der Waals surface area (Å²) in [6, 6.07) is 3.26. The molecule has 2 rings (SSSR count). The first-order valence-electron chi connectivity index (χ1n) is 7.05. The van der Waals surface area contributed by atoms with Crippen molar-refractivity contribution in [2.75, 3.05) is 26.0 Å².